The summed E-state index contributed by atoms with van der Waals surface area (Å²) in [6.45, 7) is 11.0. The lowest BCUT2D eigenvalue weighted by Crippen LogP contribution is -2.58. The highest BCUT2D eigenvalue weighted by Crippen LogP contribution is 2.30. The number of ether oxygens (including phenoxy) is 1. The van der Waals surface area contributed by atoms with Crippen LogP contribution in [-0.2, 0) is 23.9 Å². The number of anilines is 3. The average Bonchev–Trinajstić information content (AvgIpc) is 3.90. The minimum atomic E-state index is -0.990. The fourth-order valence-corrected chi connectivity index (χ4v) is 8.68. The van der Waals surface area contributed by atoms with Gasteiger partial charge in [-0.3, -0.25) is 19.2 Å². The molecule has 17 nitrogen and oxygen atoms in total. The first-order chi connectivity index (χ1) is 31.0. The predicted octanol–water partition coefficient (Wildman–Crippen LogP) is 4.71. The van der Waals surface area contributed by atoms with Crippen LogP contribution < -0.4 is 26.5 Å². The van der Waals surface area contributed by atoms with Crippen LogP contribution in [0.5, 0.6) is 0 Å². The molecule has 4 atom stereocenters. The third-order valence-electron chi connectivity index (χ3n) is 11.5. The van der Waals surface area contributed by atoms with E-state index in [4.69, 9.17) is 9.15 Å². The molecule has 0 radical (unpaired) electrons. The number of aromatic nitrogens is 3. The normalized spacial score (nSPS) is 17.5. The monoisotopic (exact) mass is 911 g/mol. The van der Waals surface area contributed by atoms with Crippen LogP contribution in [0.1, 0.15) is 64.3 Å². The van der Waals surface area contributed by atoms with Crippen molar-refractivity contribution in [3.05, 3.63) is 93.8 Å². The number of aliphatic hydroxyl groups excluding tert-OH is 1. The fourth-order valence-electron chi connectivity index (χ4n) is 7.87. The third-order valence-corrected chi connectivity index (χ3v) is 12.5. The minimum absolute atomic E-state index is 0.0159. The Hall–Kier alpha value is -6.31. The Kier molecular flexibility index (Phi) is 14.5. The van der Waals surface area contributed by atoms with E-state index in [-0.39, 0.29) is 56.8 Å². The summed E-state index contributed by atoms with van der Waals surface area (Å²) in [5, 5.41) is 20.1. The Balaban J connectivity index is 0.839. The van der Waals surface area contributed by atoms with Crippen molar-refractivity contribution in [2.75, 3.05) is 56.2 Å². The maximum atomic E-state index is 14.7. The van der Waals surface area contributed by atoms with Gasteiger partial charge in [0.25, 0.3) is 0 Å². The largest absolute Gasteiger partial charge is 0.423 e. The van der Waals surface area contributed by atoms with E-state index < -0.39 is 52.8 Å². The number of amides is 4. The van der Waals surface area contributed by atoms with E-state index in [1.807, 2.05) is 63.8 Å². The molecule has 3 aromatic heterocycles. The molecule has 2 aliphatic heterocycles. The molecule has 0 spiro atoms. The molecule has 0 unspecified atom stereocenters. The summed E-state index contributed by atoms with van der Waals surface area (Å²) in [6, 6.07) is 13.5. The van der Waals surface area contributed by atoms with Crippen LogP contribution in [-0.4, -0.2) is 118 Å². The van der Waals surface area contributed by atoms with Gasteiger partial charge in [0.2, 0.25) is 29.6 Å². The number of carbonyl (C=O) groups excluding carboxylic acids is 4. The Morgan fingerprint density at radius 2 is 1.72 bits per heavy atom. The number of aryl methyl sites for hydroxylation is 1. The maximum absolute atomic E-state index is 14.7. The molecule has 2 aliphatic rings. The zero-order valence-electron chi connectivity index (χ0n) is 37.0. The molecule has 2 aromatic carbocycles. The molecule has 2 fully saturated rings. The zero-order valence-corrected chi connectivity index (χ0v) is 37.8. The summed E-state index contributed by atoms with van der Waals surface area (Å²) in [6.07, 6.45) is 0.287. The van der Waals surface area contributed by atoms with Crippen LogP contribution in [0.15, 0.2) is 75.5 Å². The van der Waals surface area contributed by atoms with E-state index in [0.717, 1.165) is 27.9 Å². The number of carbonyl (C=O) groups is 4. The van der Waals surface area contributed by atoms with Crippen LogP contribution in [0.3, 0.4) is 0 Å². The van der Waals surface area contributed by atoms with E-state index >= 15 is 0 Å². The van der Waals surface area contributed by atoms with Crippen molar-refractivity contribution < 1.29 is 37.8 Å². The van der Waals surface area contributed by atoms with E-state index in [2.05, 4.69) is 30.9 Å². The van der Waals surface area contributed by atoms with E-state index in [1.54, 1.807) is 46.0 Å². The summed E-state index contributed by atoms with van der Waals surface area (Å²) >= 11 is 1.56. The van der Waals surface area contributed by atoms with Gasteiger partial charge in [0, 0.05) is 62.7 Å². The summed E-state index contributed by atoms with van der Waals surface area (Å²) in [7, 11) is 0. The quantitative estimate of drug-likeness (QED) is 0.0829. The average molecular weight is 912 g/mol. The van der Waals surface area contributed by atoms with Gasteiger partial charge in [-0.1, -0.05) is 45.0 Å². The molecule has 5 aromatic rings. The molecule has 4 N–H and O–H groups in total. The zero-order chi connectivity index (χ0) is 46.4. The molecular weight excluding hydrogens is 858 g/mol. The summed E-state index contributed by atoms with van der Waals surface area (Å²) < 4.78 is 25.6. The number of likely N-dealkylation sites (tertiary alicyclic amines) is 1. The van der Waals surface area contributed by atoms with Crippen LogP contribution in [0.4, 0.5) is 21.8 Å². The number of rotatable bonds is 15. The highest BCUT2D eigenvalue weighted by molar-refractivity contribution is 7.13. The minimum Gasteiger partial charge on any atom is -0.423 e. The van der Waals surface area contributed by atoms with Gasteiger partial charge < -0.3 is 44.9 Å². The van der Waals surface area contributed by atoms with Crippen LogP contribution in [0.25, 0.3) is 21.4 Å². The van der Waals surface area contributed by atoms with Gasteiger partial charge in [0.15, 0.2) is 11.6 Å². The summed E-state index contributed by atoms with van der Waals surface area (Å²) in [5.41, 5.74) is 4.42. The SMILES string of the molecule is Cc1ncsc1-c1ccc([C@H](C)NC(=O)[C@@H]2C[C@@H](O)CN2C(=O)[C@@H](NC(=O)CCOCCC(=O)N2CCN(c3ncc(F)c(Nc4ccc5oc(=O)ccc5c4)n3)CC2)C(C)(C)C)cc1. The number of halogens is 1. The first kappa shape index (κ1) is 46.7. The lowest BCUT2D eigenvalue weighted by Gasteiger charge is -2.35. The molecule has 0 bridgehead atoms. The molecule has 65 heavy (non-hydrogen) atoms. The molecule has 0 aliphatic carbocycles. The van der Waals surface area contributed by atoms with Gasteiger partial charge in [-0.2, -0.15) is 4.98 Å². The molecule has 4 amide bonds. The van der Waals surface area contributed by atoms with Crippen molar-refractivity contribution >= 4 is 63.4 Å². The van der Waals surface area contributed by atoms with E-state index in [9.17, 15) is 33.5 Å². The number of β-amino-alcohol motifs (C(OH)–C–C–N with tert-alkyl or cyclic N) is 1. The number of thiazole rings is 1. The summed E-state index contributed by atoms with van der Waals surface area (Å²) in [5.74, 6) is -1.78. The summed E-state index contributed by atoms with van der Waals surface area (Å²) in [4.78, 5) is 84.3. The van der Waals surface area contributed by atoms with Crippen molar-refractivity contribution in [3.63, 3.8) is 0 Å². The Morgan fingerprint density at radius 1 is 0.985 bits per heavy atom. The Morgan fingerprint density at radius 3 is 2.43 bits per heavy atom. The first-order valence-corrected chi connectivity index (χ1v) is 22.4. The van der Waals surface area contributed by atoms with Gasteiger partial charge in [-0.15, -0.1) is 11.3 Å². The van der Waals surface area contributed by atoms with E-state index in [1.165, 1.54) is 11.0 Å². The van der Waals surface area contributed by atoms with Crippen LogP contribution in [0, 0.1) is 18.2 Å². The number of piperazine rings is 1. The molecule has 0 saturated carbocycles. The smallest absolute Gasteiger partial charge is 0.336 e. The second-order valence-electron chi connectivity index (χ2n) is 17.4. The topological polar surface area (TPSA) is 212 Å². The number of aliphatic hydroxyl groups is 1. The lowest BCUT2D eigenvalue weighted by atomic mass is 9.85. The number of nitrogens with one attached hydrogen (secondary N) is 3. The third kappa shape index (κ3) is 11.5. The van der Waals surface area contributed by atoms with Gasteiger partial charge in [-0.25, -0.2) is 19.2 Å². The fraction of sp³-hybridized carbons (Fsp3) is 0.435. The molecule has 19 heteroatoms. The number of hydrogen-bond acceptors (Lipinski definition) is 14. The van der Waals surface area contributed by atoms with Gasteiger partial charge in [-0.05, 0) is 54.7 Å². The number of hydrogen-bond donors (Lipinski definition) is 4. The lowest BCUT2D eigenvalue weighted by molar-refractivity contribution is -0.144. The molecule has 7 rings (SSSR count). The van der Waals surface area contributed by atoms with Crippen molar-refractivity contribution in [1.29, 1.82) is 0 Å². The van der Waals surface area contributed by atoms with Gasteiger partial charge in [0.05, 0.1) is 54.1 Å². The second kappa shape index (κ2) is 20.2. The highest BCUT2D eigenvalue weighted by atomic mass is 32.1. The second-order valence-corrected chi connectivity index (χ2v) is 18.2. The molecule has 344 valence electrons. The van der Waals surface area contributed by atoms with Crippen molar-refractivity contribution in [3.8, 4) is 10.4 Å². The van der Waals surface area contributed by atoms with Crippen LogP contribution >= 0.6 is 11.3 Å². The molecule has 5 heterocycles. The standard InChI is InChI=1S/C46H54FN9O8S/c1-27(29-6-8-30(9-7-29)40-28(2)49-26-65-40)50-43(61)35-23-33(57)25-56(35)44(62)41(46(3,4)5)52-37(58)14-20-63-21-15-38(59)54-16-18-55(19-17-54)45-48-24-34(47)42(53-45)51-32-11-12-36-31(22-32)10-13-39(60)64-36/h6-13,22,24,26-27,33,35,41,57H,14-21,23,25H2,1-5H3,(H,50,61)(H,52,58)(H,48,51,53)/t27-,33+,35-,41+/m0/s1. The van der Waals surface area contributed by atoms with Crippen LogP contribution in [0.2, 0.25) is 0 Å². The van der Waals surface area contributed by atoms with E-state index in [0.29, 0.717) is 48.8 Å². The number of nitrogens with zero attached hydrogens (tertiary/aromatic N) is 6. The first-order valence-electron chi connectivity index (χ1n) is 21.6. The number of benzene rings is 2. The van der Waals surface area contributed by atoms with Gasteiger partial charge in [0.1, 0.15) is 17.7 Å². The number of fused-ring (bicyclic) bond motifs is 1. The van der Waals surface area contributed by atoms with Crippen molar-refractivity contribution in [1.82, 2.24) is 35.4 Å². The molecule has 2 saturated heterocycles. The Bertz CT molecular complexity index is 2570. The highest BCUT2D eigenvalue weighted by Gasteiger charge is 2.44. The van der Waals surface area contributed by atoms with Crippen molar-refractivity contribution in [2.45, 2.75) is 78.1 Å². The van der Waals surface area contributed by atoms with Crippen molar-refractivity contribution in [2.24, 2.45) is 5.41 Å². The molecular formula is C46H54FN9O8S. The maximum Gasteiger partial charge on any atom is 0.336 e. The predicted molar refractivity (Wildman–Crippen MR) is 243 cm³/mol. The Labute approximate surface area is 379 Å². The van der Waals surface area contributed by atoms with Gasteiger partial charge >= 0.3 is 5.63 Å².